The van der Waals surface area contributed by atoms with Crippen LogP contribution in [0.15, 0.2) is 60.7 Å². The Morgan fingerprint density at radius 3 is 1.30 bits per heavy atom. The molecule has 0 saturated carbocycles. The van der Waals surface area contributed by atoms with Gasteiger partial charge in [-0.2, -0.15) is 0 Å². The summed E-state index contributed by atoms with van der Waals surface area (Å²) in [5, 5.41) is 0. The van der Waals surface area contributed by atoms with Crippen LogP contribution in [0.4, 0.5) is 0 Å². The van der Waals surface area contributed by atoms with Crippen molar-refractivity contribution >= 4 is 23.2 Å². The van der Waals surface area contributed by atoms with Gasteiger partial charge in [0.2, 0.25) is 0 Å². The zero-order chi connectivity index (χ0) is 19.2. The average Bonchev–Trinajstić information content (AvgIpc) is 2.69. The Hall–Kier alpha value is -1.06. The van der Waals surface area contributed by atoms with E-state index < -0.39 is 0 Å². The molecule has 0 unspecified atom stereocenters. The van der Waals surface area contributed by atoms with Gasteiger partial charge in [-0.15, -0.1) is 23.2 Å². The lowest BCUT2D eigenvalue weighted by atomic mass is 10.1. The fourth-order valence-electron chi connectivity index (χ4n) is 3.31. The summed E-state index contributed by atoms with van der Waals surface area (Å²) in [6, 6.07) is 21.3. The van der Waals surface area contributed by atoms with E-state index in [2.05, 4.69) is 70.5 Å². The Kier molecular flexibility index (Phi) is 11.5. The van der Waals surface area contributed by atoms with E-state index in [4.69, 9.17) is 23.2 Å². The highest BCUT2D eigenvalue weighted by molar-refractivity contribution is 6.18. The maximum absolute atomic E-state index is 6.00. The number of benzene rings is 2. The number of nitrogens with zero attached hydrogens (tertiary/aromatic N) is 2. The lowest BCUT2D eigenvalue weighted by Gasteiger charge is -2.23. The summed E-state index contributed by atoms with van der Waals surface area (Å²) >= 11 is 12.0. The molecule has 2 rings (SSSR count). The van der Waals surface area contributed by atoms with Crippen LogP contribution in [0.3, 0.4) is 0 Å². The largest absolute Gasteiger partial charge is 0.298 e. The summed E-state index contributed by atoms with van der Waals surface area (Å²) in [6.45, 7) is 6.08. The van der Waals surface area contributed by atoms with Gasteiger partial charge in [-0.25, -0.2) is 0 Å². The number of halogens is 2. The van der Waals surface area contributed by atoms with E-state index in [1.54, 1.807) is 0 Å². The first kappa shape index (κ1) is 22.2. The molecule has 0 amide bonds. The average molecular weight is 407 g/mol. The van der Waals surface area contributed by atoms with Crippen molar-refractivity contribution in [1.82, 2.24) is 9.80 Å². The van der Waals surface area contributed by atoms with Crippen LogP contribution in [0.2, 0.25) is 0 Å². The highest BCUT2D eigenvalue weighted by Crippen LogP contribution is 2.09. The molecule has 2 aromatic rings. The summed E-state index contributed by atoms with van der Waals surface area (Å²) in [6.07, 6.45) is 3.66. The van der Waals surface area contributed by atoms with Gasteiger partial charge in [-0.05, 0) is 37.1 Å². The Morgan fingerprint density at radius 2 is 0.926 bits per heavy atom. The molecule has 0 bridgehead atoms. The van der Waals surface area contributed by atoms with E-state index in [-0.39, 0.29) is 0 Å². The van der Waals surface area contributed by atoms with Gasteiger partial charge in [0.15, 0.2) is 0 Å². The molecule has 0 fully saturated rings. The van der Waals surface area contributed by atoms with E-state index >= 15 is 0 Å². The molecule has 0 aliphatic heterocycles. The number of rotatable bonds is 14. The number of hydrogen-bond donors (Lipinski definition) is 0. The molecule has 0 N–H and O–H groups in total. The quantitative estimate of drug-likeness (QED) is 0.295. The maximum Gasteiger partial charge on any atom is 0.0351 e. The minimum atomic E-state index is 0.688. The van der Waals surface area contributed by atoms with E-state index in [0.717, 1.165) is 39.3 Å². The second-order valence-electron chi connectivity index (χ2n) is 6.96. The molecule has 0 aliphatic carbocycles. The highest BCUT2D eigenvalue weighted by atomic mass is 35.5. The minimum Gasteiger partial charge on any atom is -0.298 e. The Balaban J connectivity index is 1.68. The zero-order valence-electron chi connectivity index (χ0n) is 16.2. The number of unbranched alkanes of at least 4 members (excludes halogenated alkanes) is 2. The molecule has 0 aliphatic rings. The van der Waals surface area contributed by atoms with Crippen molar-refractivity contribution in [2.45, 2.75) is 32.4 Å². The standard InChI is InChI=1S/C23H32Cl2N2/c24-14-18-26(20-22-10-4-1-5-11-22)16-8-3-9-17-27(19-15-25)21-23-12-6-2-7-13-23/h1-2,4-7,10-13H,3,8-9,14-21H2. The van der Waals surface area contributed by atoms with Crippen molar-refractivity contribution in [3.05, 3.63) is 71.8 Å². The summed E-state index contributed by atoms with van der Waals surface area (Å²) in [4.78, 5) is 4.92. The van der Waals surface area contributed by atoms with Gasteiger partial charge in [-0.3, -0.25) is 9.80 Å². The summed E-state index contributed by atoms with van der Waals surface area (Å²) in [5.74, 6) is 1.38. The lowest BCUT2D eigenvalue weighted by Crippen LogP contribution is -2.28. The van der Waals surface area contributed by atoms with Gasteiger partial charge in [0.25, 0.3) is 0 Å². The molecular formula is C23H32Cl2N2. The van der Waals surface area contributed by atoms with Gasteiger partial charge in [0, 0.05) is 37.9 Å². The molecule has 0 radical (unpaired) electrons. The molecule has 0 spiro atoms. The van der Waals surface area contributed by atoms with Crippen molar-refractivity contribution in [3.63, 3.8) is 0 Å². The van der Waals surface area contributed by atoms with Crippen molar-refractivity contribution in [2.75, 3.05) is 37.9 Å². The van der Waals surface area contributed by atoms with Crippen LogP contribution in [0.25, 0.3) is 0 Å². The maximum atomic E-state index is 6.00. The molecule has 2 nitrogen and oxygen atoms in total. The summed E-state index contributed by atoms with van der Waals surface area (Å²) in [5.41, 5.74) is 2.72. The molecule has 0 aromatic heterocycles. The van der Waals surface area contributed by atoms with Crippen molar-refractivity contribution < 1.29 is 0 Å². The van der Waals surface area contributed by atoms with Crippen molar-refractivity contribution in [3.8, 4) is 0 Å². The summed E-state index contributed by atoms with van der Waals surface area (Å²) < 4.78 is 0. The first-order chi connectivity index (χ1) is 13.3. The molecule has 0 atom stereocenters. The first-order valence-electron chi connectivity index (χ1n) is 9.96. The van der Waals surface area contributed by atoms with Crippen molar-refractivity contribution in [2.24, 2.45) is 0 Å². The predicted molar refractivity (Wildman–Crippen MR) is 119 cm³/mol. The van der Waals surface area contributed by atoms with Gasteiger partial charge in [0.1, 0.15) is 0 Å². The van der Waals surface area contributed by atoms with Crippen LogP contribution in [0.1, 0.15) is 30.4 Å². The van der Waals surface area contributed by atoms with Crippen LogP contribution >= 0.6 is 23.2 Å². The van der Waals surface area contributed by atoms with Gasteiger partial charge >= 0.3 is 0 Å². The van der Waals surface area contributed by atoms with E-state index in [9.17, 15) is 0 Å². The third-order valence-electron chi connectivity index (χ3n) is 4.75. The van der Waals surface area contributed by atoms with Crippen LogP contribution in [-0.4, -0.2) is 47.7 Å². The SMILES string of the molecule is ClCCN(CCCCCN(CCCl)Cc1ccccc1)Cc1ccccc1. The topological polar surface area (TPSA) is 6.48 Å². The fourth-order valence-corrected chi connectivity index (χ4v) is 3.79. The van der Waals surface area contributed by atoms with Crippen molar-refractivity contribution in [1.29, 1.82) is 0 Å². The molecule has 0 saturated heterocycles. The van der Waals surface area contributed by atoms with E-state index in [0.29, 0.717) is 11.8 Å². The lowest BCUT2D eigenvalue weighted by molar-refractivity contribution is 0.256. The smallest absolute Gasteiger partial charge is 0.0351 e. The predicted octanol–water partition coefficient (Wildman–Crippen LogP) is 5.64. The molecule has 27 heavy (non-hydrogen) atoms. The van der Waals surface area contributed by atoms with E-state index in [1.165, 1.54) is 30.4 Å². The Morgan fingerprint density at radius 1 is 0.519 bits per heavy atom. The number of alkyl halides is 2. The van der Waals surface area contributed by atoms with E-state index in [1.807, 2.05) is 0 Å². The third-order valence-corrected chi connectivity index (χ3v) is 5.09. The molecule has 0 heterocycles. The summed E-state index contributed by atoms with van der Waals surface area (Å²) in [7, 11) is 0. The first-order valence-corrected chi connectivity index (χ1v) is 11.0. The van der Waals surface area contributed by atoms with Crippen LogP contribution < -0.4 is 0 Å². The molecule has 2 aromatic carbocycles. The minimum absolute atomic E-state index is 0.688. The second-order valence-corrected chi connectivity index (χ2v) is 7.72. The fraction of sp³-hybridized carbons (Fsp3) is 0.478. The Labute approximate surface area is 175 Å². The van der Waals surface area contributed by atoms with Gasteiger partial charge < -0.3 is 0 Å². The second kappa shape index (κ2) is 14.0. The molecule has 4 heteroatoms. The monoisotopic (exact) mass is 406 g/mol. The normalized spacial score (nSPS) is 11.4. The molecular weight excluding hydrogens is 375 g/mol. The number of hydrogen-bond acceptors (Lipinski definition) is 2. The van der Waals surface area contributed by atoms with Gasteiger partial charge in [-0.1, -0.05) is 67.1 Å². The molecule has 148 valence electrons. The third kappa shape index (κ3) is 9.62. The van der Waals surface area contributed by atoms with Crippen LogP contribution in [0, 0.1) is 0 Å². The van der Waals surface area contributed by atoms with Crippen LogP contribution in [0.5, 0.6) is 0 Å². The van der Waals surface area contributed by atoms with Crippen LogP contribution in [-0.2, 0) is 13.1 Å². The Bertz CT molecular complexity index is 538. The van der Waals surface area contributed by atoms with Gasteiger partial charge in [0.05, 0.1) is 0 Å². The highest BCUT2D eigenvalue weighted by Gasteiger charge is 2.07. The zero-order valence-corrected chi connectivity index (χ0v) is 17.7.